The maximum atomic E-state index is 13.2. The third-order valence-electron chi connectivity index (χ3n) is 3.08. The molecule has 4 heteroatoms. The molecule has 0 N–H and O–H groups in total. The van der Waals surface area contributed by atoms with Crippen LogP contribution < -0.4 is 0 Å². The maximum Gasteiger partial charge on any atom is 0.123 e. The Morgan fingerprint density at radius 3 is 2.70 bits per heavy atom. The summed E-state index contributed by atoms with van der Waals surface area (Å²) >= 11 is 6.13. The third-order valence-corrected chi connectivity index (χ3v) is 3.45. The average Bonchev–Trinajstić information content (AvgIpc) is 2.90. The lowest BCUT2D eigenvalue weighted by atomic mass is 10.1. The molecule has 0 aliphatic heterocycles. The molecule has 3 rings (SSSR count). The summed E-state index contributed by atoms with van der Waals surface area (Å²) in [6.07, 6.45) is 3.61. The van der Waals surface area contributed by atoms with E-state index in [9.17, 15) is 4.39 Å². The Morgan fingerprint density at radius 1 is 1.05 bits per heavy atom. The zero-order valence-corrected chi connectivity index (χ0v) is 11.4. The minimum atomic E-state index is -0.249. The van der Waals surface area contributed by atoms with E-state index in [0.717, 1.165) is 21.7 Å². The van der Waals surface area contributed by atoms with Gasteiger partial charge >= 0.3 is 0 Å². The van der Waals surface area contributed by atoms with E-state index < -0.39 is 0 Å². The molecule has 0 unspecified atom stereocenters. The van der Waals surface area contributed by atoms with Gasteiger partial charge in [0.15, 0.2) is 0 Å². The van der Waals surface area contributed by atoms with Crippen LogP contribution in [0.3, 0.4) is 0 Å². The van der Waals surface area contributed by atoms with Gasteiger partial charge in [0.25, 0.3) is 0 Å². The fraction of sp³-hybridized carbons (Fsp3) is 0.0625. The van der Waals surface area contributed by atoms with E-state index in [1.807, 2.05) is 36.5 Å². The van der Waals surface area contributed by atoms with Gasteiger partial charge < -0.3 is 0 Å². The predicted molar refractivity (Wildman–Crippen MR) is 78.2 cm³/mol. The van der Waals surface area contributed by atoms with Gasteiger partial charge in [0.2, 0.25) is 0 Å². The topological polar surface area (TPSA) is 17.8 Å². The normalized spacial score (nSPS) is 10.7. The smallest absolute Gasteiger partial charge is 0.123 e. The quantitative estimate of drug-likeness (QED) is 0.698. The lowest BCUT2D eigenvalue weighted by Gasteiger charge is -2.03. The van der Waals surface area contributed by atoms with Gasteiger partial charge in [-0.2, -0.15) is 5.10 Å². The van der Waals surface area contributed by atoms with Crippen molar-refractivity contribution in [1.82, 2.24) is 9.78 Å². The van der Waals surface area contributed by atoms with Crippen molar-refractivity contribution in [3.8, 4) is 11.1 Å². The molecular weight excluding hydrogens is 275 g/mol. The van der Waals surface area contributed by atoms with E-state index in [0.29, 0.717) is 6.54 Å². The second-order valence-electron chi connectivity index (χ2n) is 4.53. The summed E-state index contributed by atoms with van der Waals surface area (Å²) in [5.41, 5.74) is 2.70. The zero-order chi connectivity index (χ0) is 13.9. The molecule has 0 saturated carbocycles. The van der Waals surface area contributed by atoms with Crippen LogP contribution in [0.25, 0.3) is 11.1 Å². The molecule has 0 amide bonds. The van der Waals surface area contributed by atoms with E-state index in [-0.39, 0.29) is 5.82 Å². The molecule has 1 heterocycles. The lowest BCUT2D eigenvalue weighted by Crippen LogP contribution is -2.00. The number of nitrogens with zero attached hydrogens (tertiary/aromatic N) is 2. The minimum absolute atomic E-state index is 0.249. The SMILES string of the molecule is Fc1cccc(-c2cnn(Cc3ccccc3Cl)c2)c1. The fourth-order valence-electron chi connectivity index (χ4n) is 2.07. The van der Waals surface area contributed by atoms with Crippen molar-refractivity contribution in [1.29, 1.82) is 0 Å². The Hall–Kier alpha value is -2.13. The Morgan fingerprint density at radius 2 is 1.90 bits per heavy atom. The van der Waals surface area contributed by atoms with Crippen LogP contribution >= 0.6 is 11.6 Å². The number of aromatic nitrogens is 2. The molecule has 1 aromatic heterocycles. The molecular formula is C16H12ClFN2. The highest BCUT2D eigenvalue weighted by molar-refractivity contribution is 6.31. The second kappa shape index (κ2) is 5.47. The standard InChI is InChI=1S/C16H12ClFN2/c17-16-7-2-1-4-13(16)10-20-11-14(9-19-20)12-5-3-6-15(18)8-12/h1-9,11H,10H2. The molecule has 0 aliphatic rings. The highest BCUT2D eigenvalue weighted by atomic mass is 35.5. The Kier molecular flexibility index (Phi) is 3.52. The van der Waals surface area contributed by atoms with Gasteiger partial charge in [-0.05, 0) is 29.3 Å². The number of hydrogen-bond acceptors (Lipinski definition) is 1. The van der Waals surface area contributed by atoms with E-state index in [4.69, 9.17) is 11.6 Å². The van der Waals surface area contributed by atoms with Crippen molar-refractivity contribution in [3.05, 3.63) is 77.3 Å². The van der Waals surface area contributed by atoms with Gasteiger partial charge in [-0.15, -0.1) is 0 Å². The van der Waals surface area contributed by atoms with Gasteiger partial charge in [0.05, 0.1) is 12.7 Å². The highest BCUT2D eigenvalue weighted by Gasteiger charge is 2.05. The summed E-state index contributed by atoms with van der Waals surface area (Å²) in [4.78, 5) is 0. The van der Waals surface area contributed by atoms with Crippen molar-refractivity contribution < 1.29 is 4.39 Å². The fourth-order valence-corrected chi connectivity index (χ4v) is 2.26. The number of halogens is 2. The van der Waals surface area contributed by atoms with Crippen molar-refractivity contribution >= 4 is 11.6 Å². The molecule has 3 aromatic rings. The molecule has 2 aromatic carbocycles. The van der Waals surface area contributed by atoms with E-state index >= 15 is 0 Å². The minimum Gasteiger partial charge on any atom is -0.268 e. The van der Waals surface area contributed by atoms with Crippen LogP contribution in [0.4, 0.5) is 4.39 Å². The summed E-state index contributed by atoms with van der Waals surface area (Å²) in [6.45, 7) is 0.592. The molecule has 0 saturated heterocycles. The van der Waals surface area contributed by atoms with E-state index in [1.165, 1.54) is 12.1 Å². The maximum absolute atomic E-state index is 13.2. The van der Waals surface area contributed by atoms with Gasteiger partial charge in [0, 0.05) is 16.8 Å². The molecule has 0 aliphatic carbocycles. The van der Waals surface area contributed by atoms with Gasteiger partial charge in [0.1, 0.15) is 5.82 Å². The van der Waals surface area contributed by atoms with Crippen molar-refractivity contribution in [2.75, 3.05) is 0 Å². The molecule has 100 valence electrons. The van der Waals surface area contributed by atoms with E-state index in [2.05, 4.69) is 5.10 Å². The van der Waals surface area contributed by atoms with Crippen LogP contribution in [0.1, 0.15) is 5.56 Å². The first kappa shape index (κ1) is 12.9. The van der Waals surface area contributed by atoms with Crippen molar-refractivity contribution in [2.45, 2.75) is 6.54 Å². The largest absolute Gasteiger partial charge is 0.268 e. The van der Waals surface area contributed by atoms with Crippen LogP contribution in [0.5, 0.6) is 0 Å². The molecule has 0 fully saturated rings. The summed E-state index contributed by atoms with van der Waals surface area (Å²) < 4.78 is 15.0. The monoisotopic (exact) mass is 286 g/mol. The number of hydrogen-bond donors (Lipinski definition) is 0. The molecule has 2 nitrogen and oxygen atoms in total. The zero-order valence-electron chi connectivity index (χ0n) is 10.6. The molecule has 20 heavy (non-hydrogen) atoms. The Bertz CT molecular complexity index is 737. The average molecular weight is 287 g/mol. The first-order valence-corrected chi connectivity index (χ1v) is 6.62. The molecule has 0 radical (unpaired) electrons. The highest BCUT2D eigenvalue weighted by Crippen LogP contribution is 2.21. The number of rotatable bonds is 3. The molecule has 0 spiro atoms. The van der Waals surface area contributed by atoms with Crippen molar-refractivity contribution in [3.63, 3.8) is 0 Å². The van der Waals surface area contributed by atoms with Gasteiger partial charge in [-0.1, -0.05) is 41.9 Å². The van der Waals surface area contributed by atoms with Crippen LogP contribution in [0, 0.1) is 5.82 Å². The van der Waals surface area contributed by atoms with Gasteiger partial charge in [-0.3, -0.25) is 4.68 Å². The predicted octanol–water partition coefficient (Wildman–Crippen LogP) is 4.39. The third kappa shape index (κ3) is 2.73. The van der Waals surface area contributed by atoms with Gasteiger partial charge in [-0.25, -0.2) is 4.39 Å². The summed E-state index contributed by atoms with van der Waals surface area (Å²) in [7, 11) is 0. The molecule has 0 bridgehead atoms. The Balaban J connectivity index is 1.86. The Labute approximate surface area is 121 Å². The summed E-state index contributed by atoms with van der Waals surface area (Å²) in [6, 6.07) is 14.1. The van der Waals surface area contributed by atoms with Crippen LogP contribution in [0.2, 0.25) is 5.02 Å². The van der Waals surface area contributed by atoms with E-state index in [1.54, 1.807) is 16.9 Å². The van der Waals surface area contributed by atoms with Crippen molar-refractivity contribution in [2.24, 2.45) is 0 Å². The van der Waals surface area contributed by atoms with Crippen LogP contribution in [-0.4, -0.2) is 9.78 Å². The summed E-state index contributed by atoms with van der Waals surface area (Å²) in [5.74, 6) is -0.249. The number of benzene rings is 2. The second-order valence-corrected chi connectivity index (χ2v) is 4.94. The lowest BCUT2D eigenvalue weighted by molar-refractivity contribution is 0.628. The van der Waals surface area contributed by atoms with Crippen LogP contribution in [0.15, 0.2) is 60.9 Å². The van der Waals surface area contributed by atoms with Crippen LogP contribution in [-0.2, 0) is 6.54 Å². The molecule has 0 atom stereocenters. The first-order chi connectivity index (χ1) is 9.72. The summed E-state index contributed by atoms with van der Waals surface area (Å²) in [5, 5.41) is 5.01. The first-order valence-electron chi connectivity index (χ1n) is 6.24.